The number of para-hydroxylation sites is 2. The minimum Gasteiger partial charge on any atom is -0.460 e. The van der Waals surface area contributed by atoms with Crippen molar-refractivity contribution in [2.75, 3.05) is 84.3 Å². The average Bonchev–Trinajstić information content (AvgIpc) is 1.38. The standard InChI is InChI=1S/C33H43ClN5O3P.C20H31N3O2.C12H12Cl2N3OP/c1-22-17-24(36-31-35-21-25(34)30(38-31)37-26-9-7-8-10-28(26)43(5,6)41)11-12-27(22)39-15-13-33(14-16-39)19-23(20-33)18-29(40)42-32(2,3)4;1-14-11-15(21)5-6-17(14)23-9-7-20(8-10-23)12-16(13-20)22-18(24)25-19(2,3)4;1-19(2,18)10-6-4-3-5-9(10)16-11-8(13)7-15-12(14)17-11/h7-12,17,21,23H,13-16,18-20H2,1-6H3,(H2,35,36,37,38);5-6,11,16H,7-10,12-13,21H2,1-4H3,(H,22,24);3-7H,1-2H3,(H,15,16,17). The van der Waals surface area contributed by atoms with Gasteiger partial charge in [-0.3, -0.25) is 4.79 Å². The van der Waals surface area contributed by atoms with Crippen LogP contribution in [0.1, 0.15) is 110 Å². The molecule has 0 bridgehead atoms. The molecule has 0 atom stereocenters. The van der Waals surface area contributed by atoms with Crippen LogP contribution in [0.4, 0.5) is 56.5 Å². The predicted octanol–water partition coefficient (Wildman–Crippen LogP) is 15.5. The molecule has 2 aliphatic heterocycles. The fourth-order valence-corrected chi connectivity index (χ4v) is 15.0. The summed E-state index contributed by atoms with van der Waals surface area (Å²) in [6.07, 6.45) is 12.3. The van der Waals surface area contributed by atoms with Gasteiger partial charge < -0.3 is 55.4 Å². The second-order valence-corrected chi connectivity index (χ2v) is 34.2. The third kappa shape index (κ3) is 18.5. The van der Waals surface area contributed by atoms with Crippen LogP contribution >= 0.6 is 49.1 Å². The van der Waals surface area contributed by atoms with Crippen molar-refractivity contribution < 1.29 is 28.2 Å². The number of aryl methyl sites for hydroxylation is 2. The molecule has 2 aliphatic carbocycles. The summed E-state index contributed by atoms with van der Waals surface area (Å²) in [7, 11) is -4.90. The lowest BCUT2D eigenvalue weighted by Crippen LogP contribution is -2.55. The summed E-state index contributed by atoms with van der Waals surface area (Å²) in [5.41, 5.74) is 13.9. The van der Waals surface area contributed by atoms with Crippen LogP contribution < -0.4 is 47.4 Å². The zero-order chi connectivity index (χ0) is 63.3. The molecule has 0 unspecified atom stereocenters. The highest BCUT2D eigenvalue weighted by atomic mass is 35.5. The van der Waals surface area contributed by atoms with Crippen LogP contribution in [0.2, 0.25) is 15.3 Å². The Labute approximate surface area is 529 Å². The van der Waals surface area contributed by atoms with Gasteiger partial charge in [-0.1, -0.05) is 47.5 Å². The lowest BCUT2D eigenvalue weighted by Gasteiger charge is -2.52. The van der Waals surface area contributed by atoms with Gasteiger partial charge in [0.15, 0.2) is 11.6 Å². The zero-order valence-corrected chi connectivity index (χ0v) is 56.4. The Bertz CT molecular complexity index is 3520. The van der Waals surface area contributed by atoms with E-state index in [1.165, 1.54) is 41.5 Å². The van der Waals surface area contributed by atoms with Crippen molar-refractivity contribution in [2.45, 2.75) is 130 Å². The number of hydrogen-bond acceptors (Lipinski definition) is 16. The highest BCUT2D eigenvalue weighted by Gasteiger charge is 2.48. The Hall–Kier alpha value is -6.09. The largest absolute Gasteiger partial charge is 0.460 e. The zero-order valence-electron chi connectivity index (χ0n) is 52.3. The summed E-state index contributed by atoms with van der Waals surface area (Å²) >= 11 is 18.2. The van der Waals surface area contributed by atoms with Gasteiger partial charge in [-0.15, -0.1) is 0 Å². The second-order valence-electron chi connectivity index (χ2n) is 26.7. The first kappa shape index (κ1) is 66.9. The molecule has 4 fully saturated rings. The van der Waals surface area contributed by atoms with Crippen molar-refractivity contribution in [3.05, 3.63) is 124 Å². The van der Waals surface area contributed by atoms with E-state index in [9.17, 15) is 18.7 Å². The molecule has 17 nitrogen and oxygen atoms in total. The molecule has 87 heavy (non-hydrogen) atoms. The molecule has 4 heterocycles. The van der Waals surface area contributed by atoms with Crippen molar-refractivity contribution >= 4 is 123 Å². The van der Waals surface area contributed by atoms with Crippen molar-refractivity contribution in [1.29, 1.82) is 0 Å². The summed E-state index contributed by atoms with van der Waals surface area (Å²) in [6, 6.07) is 27.6. The van der Waals surface area contributed by atoms with Gasteiger partial charge in [0, 0.05) is 72.0 Å². The summed E-state index contributed by atoms with van der Waals surface area (Å²) in [4.78, 5) is 45.8. The van der Waals surface area contributed by atoms with Gasteiger partial charge in [0.2, 0.25) is 11.2 Å². The number of nitrogens with zero attached hydrogens (tertiary/aromatic N) is 6. The number of nitrogens with two attached hydrogens (primary N) is 1. The van der Waals surface area contributed by atoms with Crippen molar-refractivity contribution in [3.8, 4) is 0 Å². The number of alkyl carbamates (subject to hydrolysis) is 1. The maximum Gasteiger partial charge on any atom is 0.407 e. The molecular weight excluding hydrogens is 1200 g/mol. The van der Waals surface area contributed by atoms with Crippen LogP contribution in [0, 0.1) is 30.6 Å². The van der Waals surface area contributed by atoms with E-state index in [1.807, 2.05) is 102 Å². The Kier molecular flexibility index (Phi) is 21.0. The number of carbonyl (C=O) groups excluding carboxylic acids is 2. The summed E-state index contributed by atoms with van der Waals surface area (Å²) in [5, 5.41) is 14.9. The number of rotatable bonds is 13. The van der Waals surface area contributed by atoms with Crippen LogP contribution in [0.25, 0.3) is 0 Å². The van der Waals surface area contributed by atoms with E-state index in [4.69, 9.17) is 50.0 Å². The number of aromatic nitrogens is 4. The van der Waals surface area contributed by atoms with Gasteiger partial charge in [0.05, 0.1) is 23.8 Å². The molecule has 6 aromatic rings. The Morgan fingerprint density at radius 1 is 0.632 bits per heavy atom. The Morgan fingerprint density at radius 3 is 1.60 bits per heavy atom. The number of piperidine rings is 2. The summed E-state index contributed by atoms with van der Waals surface area (Å²) < 4.78 is 35.9. The number of nitrogen functional groups attached to an aromatic ring is 1. The van der Waals surface area contributed by atoms with E-state index in [2.05, 4.69) is 89.1 Å². The SMILES string of the molecule is CP(C)(=O)c1ccccc1Nc1nc(Cl)ncc1Cl.Cc1cc(N)ccc1N1CCC2(CC1)CC(NC(=O)OC(C)(C)C)C2.Cc1cc(Nc2ncc(Cl)c(Nc3ccccc3P(C)(C)=O)n2)ccc1N1CCC2(CC1)CC(CC(=O)OC(C)(C)C)C2. The number of ether oxygens (including phenoxy) is 2. The maximum absolute atomic E-state index is 12.8. The number of halogens is 3. The molecule has 2 saturated heterocycles. The number of benzene rings is 4. The molecule has 2 spiro atoms. The molecule has 4 aromatic carbocycles. The smallest absolute Gasteiger partial charge is 0.407 e. The molecule has 22 heteroatoms. The van der Waals surface area contributed by atoms with Crippen molar-refractivity contribution in [3.63, 3.8) is 0 Å². The van der Waals surface area contributed by atoms with E-state index in [-0.39, 0.29) is 23.4 Å². The number of carbonyl (C=O) groups is 2. The van der Waals surface area contributed by atoms with Crippen molar-refractivity contribution in [2.24, 2.45) is 16.7 Å². The lowest BCUT2D eigenvalue weighted by atomic mass is 9.57. The van der Waals surface area contributed by atoms with Gasteiger partial charge in [-0.2, -0.15) is 9.97 Å². The molecule has 6 N–H and O–H groups in total. The van der Waals surface area contributed by atoms with Gasteiger partial charge in [0.1, 0.15) is 35.5 Å². The normalized spacial score (nSPS) is 16.7. The number of nitrogens with one attached hydrogen (secondary N) is 4. The lowest BCUT2D eigenvalue weighted by molar-refractivity contribution is -0.158. The quantitative estimate of drug-likeness (QED) is 0.0314. The van der Waals surface area contributed by atoms with Crippen LogP contribution in [0.15, 0.2) is 97.3 Å². The topological polar surface area (TPSA) is 219 Å². The minimum atomic E-state index is -2.50. The summed E-state index contributed by atoms with van der Waals surface area (Å²) in [6.45, 7) is 26.8. The number of amides is 1. The Morgan fingerprint density at radius 2 is 1.10 bits per heavy atom. The monoisotopic (exact) mass is 1280 g/mol. The Balaban J connectivity index is 0.000000188. The van der Waals surface area contributed by atoms with Crippen molar-refractivity contribution in [1.82, 2.24) is 25.3 Å². The van der Waals surface area contributed by atoms with Crippen LogP contribution in [0.5, 0.6) is 0 Å². The van der Waals surface area contributed by atoms with Crippen LogP contribution in [-0.4, -0.2) is 102 Å². The highest BCUT2D eigenvalue weighted by molar-refractivity contribution is 7.70. The first-order valence-electron chi connectivity index (χ1n) is 29.7. The molecule has 2 saturated carbocycles. The third-order valence-corrected chi connectivity index (χ3v) is 20.2. The number of anilines is 9. The molecule has 1 amide bonds. The predicted molar refractivity (Wildman–Crippen MR) is 360 cm³/mol. The first-order chi connectivity index (χ1) is 40.7. The minimum absolute atomic E-state index is 0.0691. The molecule has 10 rings (SSSR count). The van der Waals surface area contributed by atoms with Gasteiger partial charge in [0.25, 0.3) is 0 Å². The van der Waals surface area contributed by atoms with Crippen LogP contribution in [0.3, 0.4) is 0 Å². The molecule has 468 valence electrons. The maximum atomic E-state index is 12.8. The summed E-state index contributed by atoms with van der Waals surface area (Å²) in [5.74, 6) is 1.63. The molecule has 4 aliphatic rings. The van der Waals surface area contributed by atoms with E-state index in [0.717, 1.165) is 86.7 Å². The fourth-order valence-electron chi connectivity index (χ4n) is 12.3. The van der Waals surface area contributed by atoms with E-state index in [1.54, 1.807) is 32.9 Å². The molecule has 2 aromatic heterocycles. The fraction of sp³-hybridized carbons (Fsp3) is 0.477. The van der Waals surface area contributed by atoms with Gasteiger partial charge in [-0.05, 0) is 234 Å². The van der Waals surface area contributed by atoms with E-state index >= 15 is 0 Å². The number of hydrogen-bond donors (Lipinski definition) is 5. The second kappa shape index (κ2) is 27.3. The van der Waals surface area contributed by atoms with Gasteiger partial charge >= 0.3 is 12.1 Å². The highest BCUT2D eigenvalue weighted by Crippen LogP contribution is 2.55. The van der Waals surface area contributed by atoms with E-state index < -0.39 is 25.5 Å². The molecular formula is C65H86Cl3N11O6P2. The van der Waals surface area contributed by atoms with E-state index in [0.29, 0.717) is 62.2 Å². The third-order valence-electron chi connectivity index (χ3n) is 16.3. The molecule has 0 radical (unpaired) electrons. The average molecular weight is 1290 g/mol. The first-order valence-corrected chi connectivity index (χ1v) is 36.1. The van der Waals surface area contributed by atoms with Gasteiger partial charge in [-0.25, -0.2) is 14.8 Å². The van der Waals surface area contributed by atoms with Crippen LogP contribution in [-0.2, 0) is 23.4 Å². The number of esters is 1.